The molecule has 0 saturated carbocycles. The second-order valence-electron chi connectivity index (χ2n) is 6.23. The van der Waals surface area contributed by atoms with Gasteiger partial charge in [0.25, 0.3) is 0 Å². The summed E-state index contributed by atoms with van der Waals surface area (Å²) in [6, 6.07) is 9.97. The molecule has 0 aliphatic heterocycles. The number of carbonyl (C=O) groups excluding carboxylic acids is 1. The van der Waals surface area contributed by atoms with Crippen molar-refractivity contribution in [3.05, 3.63) is 59.0 Å². The lowest BCUT2D eigenvalue weighted by molar-refractivity contribution is -0.119. The average Bonchev–Trinajstić information content (AvgIpc) is 3.32. The minimum Gasteiger partial charge on any atom is -0.467 e. The normalized spacial score (nSPS) is 12.0. The summed E-state index contributed by atoms with van der Waals surface area (Å²) in [6.07, 6.45) is 1.63. The molecular formula is C19H22N4O2S2. The molecule has 1 amide bonds. The van der Waals surface area contributed by atoms with Crippen LogP contribution in [-0.4, -0.2) is 21.9 Å². The molecule has 2 heterocycles. The first-order valence-electron chi connectivity index (χ1n) is 8.60. The number of amides is 1. The molecule has 27 heavy (non-hydrogen) atoms. The zero-order valence-electron chi connectivity index (χ0n) is 15.5. The van der Waals surface area contributed by atoms with Crippen LogP contribution in [0.1, 0.15) is 35.4 Å². The molecule has 1 atom stereocenters. The Bertz CT molecular complexity index is 893. The van der Waals surface area contributed by atoms with Crippen LogP contribution in [0, 0.1) is 13.8 Å². The van der Waals surface area contributed by atoms with E-state index in [1.54, 1.807) is 6.26 Å². The van der Waals surface area contributed by atoms with E-state index in [9.17, 15) is 4.79 Å². The number of hydrogen-bond donors (Lipinski definition) is 2. The van der Waals surface area contributed by atoms with Gasteiger partial charge in [0.05, 0.1) is 24.6 Å². The molecule has 8 heteroatoms. The first kappa shape index (κ1) is 19.4. The van der Waals surface area contributed by atoms with Crippen molar-refractivity contribution in [3.63, 3.8) is 0 Å². The number of nitrogens with one attached hydrogen (secondary N) is 2. The zero-order chi connectivity index (χ0) is 19.2. The van der Waals surface area contributed by atoms with Gasteiger partial charge in [-0.1, -0.05) is 41.3 Å². The third-order valence-electron chi connectivity index (χ3n) is 4.14. The van der Waals surface area contributed by atoms with Gasteiger partial charge in [-0.05, 0) is 49.6 Å². The molecule has 0 spiro atoms. The first-order valence-corrected chi connectivity index (χ1v) is 10.4. The SMILES string of the molecule is Cc1ccc([C@H](C)NC(=O)CSc2nnc(NCc3ccco3)s2)cc1C. The fourth-order valence-corrected chi connectivity index (χ4v) is 4.00. The Kier molecular flexibility index (Phi) is 6.52. The molecule has 0 fully saturated rings. The van der Waals surface area contributed by atoms with Crippen LogP contribution in [-0.2, 0) is 11.3 Å². The standard InChI is InChI=1S/C19H22N4O2S2/c1-12-6-7-15(9-13(12)2)14(3)21-17(24)11-26-19-23-22-18(27-19)20-10-16-5-4-8-25-16/h4-9,14H,10-11H2,1-3H3,(H,20,22)(H,21,24)/t14-/m0/s1. The largest absolute Gasteiger partial charge is 0.467 e. The summed E-state index contributed by atoms with van der Waals surface area (Å²) in [5.41, 5.74) is 3.59. The van der Waals surface area contributed by atoms with Crippen molar-refractivity contribution in [1.29, 1.82) is 0 Å². The monoisotopic (exact) mass is 402 g/mol. The molecule has 3 aromatic rings. The topological polar surface area (TPSA) is 80.0 Å². The van der Waals surface area contributed by atoms with E-state index >= 15 is 0 Å². The van der Waals surface area contributed by atoms with Crippen LogP contribution in [0.5, 0.6) is 0 Å². The number of benzene rings is 1. The van der Waals surface area contributed by atoms with Crippen LogP contribution in [0.15, 0.2) is 45.4 Å². The van der Waals surface area contributed by atoms with Crippen molar-refractivity contribution in [2.24, 2.45) is 0 Å². The summed E-state index contributed by atoms with van der Waals surface area (Å²) >= 11 is 2.81. The molecule has 0 saturated heterocycles. The van der Waals surface area contributed by atoms with Gasteiger partial charge in [-0.2, -0.15) is 0 Å². The van der Waals surface area contributed by atoms with Gasteiger partial charge >= 0.3 is 0 Å². The molecule has 2 N–H and O–H groups in total. The lowest BCUT2D eigenvalue weighted by Crippen LogP contribution is -2.28. The zero-order valence-corrected chi connectivity index (χ0v) is 17.1. The summed E-state index contributed by atoms with van der Waals surface area (Å²) in [5, 5.41) is 15.1. The van der Waals surface area contributed by atoms with Gasteiger partial charge in [0.1, 0.15) is 5.76 Å². The predicted octanol–water partition coefficient (Wildman–Crippen LogP) is 4.33. The quantitative estimate of drug-likeness (QED) is 0.546. The van der Waals surface area contributed by atoms with Crippen molar-refractivity contribution >= 4 is 34.1 Å². The van der Waals surface area contributed by atoms with Gasteiger partial charge in [-0.15, -0.1) is 10.2 Å². The van der Waals surface area contributed by atoms with Gasteiger partial charge in [0.2, 0.25) is 11.0 Å². The van der Waals surface area contributed by atoms with Crippen molar-refractivity contribution in [2.75, 3.05) is 11.1 Å². The van der Waals surface area contributed by atoms with E-state index in [-0.39, 0.29) is 11.9 Å². The molecule has 0 bridgehead atoms. The average molecular weight is 403 g/mol. The molecule has 6 nitrogen and oxygen atoms in total. The Morgan fingerprint density at radius 2 is 2.11 bits per heavy atom. The fraction of sp³-hybridized carbons (Fsp3) is 0.316. The Morgan fingerprint density at radius 1 is 1.26 bits per heavy atom. The summed E-state index contributed by atoms with van der Waals surface area (Å²) in [6.45, 7) is 6.71. The smallest absolute Gasteiger partial charge is 0.230 e. The Hall–Kier alpha value is -2.32. The molecule has 0 radical (unpaired) electrons. The van der Waals surface area contributed by atoms with E-state index in [1.165, 1.54) is 34.2 Å². The maximum Gasteiger partial charge on any atom is 0.230 e. The third-order valence-corrected chi connectivity index (χ3v) is 6.15. The van der Waals surface area contributed by atoms with E-state index in [0.29, 0.717) is 17.4 Å². The van der Waals surface area contributed by atoms with E-state index in [0.717, 1.165) is 15.7 Å². The molecule has 0 aliphatic rings. The highest BCUT2D eigenvalue weighted by molar-refractivity contribution is 8.01. The first-order chi connectivity index (χ1) is 13.0. The highest BCUT2D eigenvalue weighted by atomic mass is 32.2. The van der Waals surface area contributed by atoms with Crippen molar-refractivity contribution < 1.29 is 9.21 Å². The number of rotatable bonds is 8. The van der Waals surface area contributed by atoms with Crippen molar-refractivity contribution in [2.45, 2.75) is 37.7 Å². The Balaban J connectivity index is 1.45. The van der Waals surface area contributed by atoms with E-state index in [2.05, 4.69) is 52.9 Å². The number of nitrogens with zero attached hydrogens (tertiary/aromatic N) is 2. The fourth-order valence-electron chi connectivity index (χ4n) is 2.44. The van der Waals surface area contributed by atoms with Crippen molar-refractivity contribution in [3.8, 4) is 0 Å². The van der Waals surface area contributed by atoms with Crippen LogP contribution >= 0.6 is 23.1 Å². The molecule has 2 aromatic heterocycles. The van der Waals surface area contributed by atoms with Crippen LogP contribution in [0.3, 0.4) is 0 Å². The summed E-state index contributed by atoms with van der Waals surface area (Å²) < 4.78 is 6.02. The summed E-state index contributed by atoms with van der Waals surface area (Å²) in [5.74, 6) is 1.12. The number of aromatic nitrogens is 2. The van der Waals surface area contributed by atoms with Crippen LogP contribution in [0.4, 0.5) is 5.13 Å². The number of thioether (sulfide) groups is 1. The maximum atomic E-state index is 12.2. The second-order valence-corrected chi connectivity index (χ2v) is 8.43. The molecule has 1 aromatic carbocycles. The van der Waals surface area contributed by atoms with Gasteiger partial charge in [-0.25, -0.2) is 0 Å². The highest BCUT2D eigenvalue weighted by Crippen LogP contribution is 2.26. The lowest BCUT2D eigenvalue weighted by Gasteiger charge is -2.15. The van der Waals surface area contributed by atoms with Gasteiger partial charge in [0, 0.05) is 0 Å². The third kappa shape index (κ3) is 5.58. The molecule has 0 aliphatic carbocycles. The predicted molar refractivity (Wildman–Crippen MR) is 109 cm³/mol. The van der Waals surface area contributed by atoms with Crippen LogP contribution < -0.4 is 10.6 Å². The minimum absolute atomic E-state index is 0.0222. The number of anilines is 1. The molecule has 3 rings (SSSR count). The number of hydrogen-bond acceptors (Lipinski definition) is 7. The van der Waals surface area contributed by atoms with Crippen molar-refractivity contribution in [1.82, 2.24) is 15.5 Å². The van der Waals surface area contributed by atoms with Crippen LogP contribution in [0.25, 0.3) is 0 Å². The summed E-state index contributed by atoms with van der Waals surface area (Å²) in [4.78, 5) is 12.2. The minimum atomic E-state index is -0.0302. The van der Waals surface area contributed by atoms with Gasteiger partial charge < -0.3 is 15.1 Å². The Morgan fingerprint density at radius 3 is 2.85 bits per heavy atom. The molecular weight excluding hydrogens is 380 g/mol. The number of aryl methyl sites for hydroxylation is 2. The van der Waals surface area contributed by atoms with Gasteiger partial charge in [0.15, 0.2) is 4.34 Å². The molecule has 142 valence electrons. The van der Waals surface area contributed by atoms with E-state index in [1.807, 2.05) is 19.1 Å². The van der Waals surface area contributed by atoms with E-state index in [4.69, 9.17) is 4.42 Å². The number of furan rings is 1. The maximum absolute atomic E-state index is 12.2. The summed E-state index contributed by atoms with van der Waals surface area (Å²) in [7, 11) is 0. The lowest BCUT2D eigenvalue weighted by atomic mass is 10.0. The number of carbonyl (C=O) groups is 1. The highest BCUT2D eigenvalue weighted by Gasteiger charge is 2.12. The van der Waals surface area contributed by atoms with Gasteiger partial charge in [-0.3, -0.25) is 4.79 Å². The Labute approximate surface area is 166 Å². The van der Waals surface area contributed by atoms with E-state index < -0.39 is 0 Å². The molecule has 0 unspecified atom stereocenters. The van der Waals surface area contributed by atoms with Crippen LogP contribution in [0.2, 0.25) is 0 Å². The second kappa shape index (κ2) is 9.05.